The molecule has 0 aromatic heterocycles. The Morgan fingerprint density at radius 2 is 1.84 bits per heavy atom. The topological polar surface area (TPSA) is 146 Å². The Balaban J connectivity index is 2.94. The summed E-state index contributed by atoms with van der Waals surface area (Å²) in [5.74, 6) is -1.67. The second-order valence-electron chi connectivity index (χ2n) is 6.69. The van der Waals surface area contributed by atoms with Crippen molar-refractivity contribution in [3.05, 3.63) is 29.3 Å². The van der Waals surface area contributed by atoms with Crippen molar-refractivity contribution < 1.29 is 32.7 Å². The molecule has 0 radical (unpaired) electrons. The molecule has 0 heterocycles. The van der Waals surface area contributed by atoms with Crippen LogP contribution in [0.15, 0.2) is 18.2 Å². The van der Waals surface area contributed by atoms with Crippen molar-refractivity contribution in [3.8, 4) is 0 Å². The first kappa shape index (κ1) is 26.2. The summed E-state index contributed by atoms with van der Waals surface area (Å²) in [5.41, 5.74) is 3.82. The molecule has 1 aromatic carbocycles. The van der Waals surface area contributed by atoms with Gasteiger partial charge in [0.05, 0.1) is 35.5 Å². The Labute approximate surface area is 177 Å². The van der Waals surface area contributed by atoms with Gasteiger partial charge in [-0.1, -0.05) is 13.3 Å². The van der Waals surface area contributed by atoms with Crippen molar-refractivity contribution >= 4 is 23.5 Å². The van der Waals surface area contributed by atoms with Crippen LogP contribution in [0.5, 0.6) is 0 Å². The van der Waals surface area contributed by atoms with E-state index >= 15 is 0 Å². The SMILES string of the molecule is CCC[C@H](O)[C@H](CN)NC(=O)CNC(=O)c1cc(C(F)(F)F)ccc1NC(=O)NCC. The van der Waals surface area contributed by atoms with E-state index in [2.05, 4.69) is 21.3 Å². The van der Waals surface area contributed by atoms with E-state index in [4.69, 9.17) is 5.73 Å². The van der Waals surface area contributed by atoms with Gasteiger partial charge in [0.25, 0.3) is 5.91 Å². The van der Waals surface area contributed by atoms with E-state index < -0.39 is 53.8 Å². The largest absolute Gasteiger partial charge is 0.416 e. The number of alkyl halides is 3. The molecule has 2 atom stereocenters. The fraction of sp³-hybridized carbons (Fsp3) is 0.526. The van der Waals surface area contributed by atoms with Crippen LogP contribution in [0.4, 0.5) is 23.7 Å². The van der Waals surface area contributed by atoms with Gasteiger partial charge < -0.3 is 32.1 Å². The van der Waals surface area contributed by atoms with Gasteiger partial charge in [0.2, 0.25) is 5.91 Å². The van der Waals surface area contributed by atoms with E-state index in [0.29, 0.717) is 18.9 Å². The Morgan fingerprint density at radius 3 is 2.39 bits per heavy atom. The molecule has 7 N–H and O–H groups in total. The molecule has 0 unspecified atom stereocenters. The number of amides is 4. The molecule has 0 saturated heterocycles. The monoisotopic (exact) mass is 447 g/mol. The predicted octanol–water partition coefficient (Wildman–Crippen LogP) is 1.18. The van der Waals surface area contributed by atoms with Gasteiger partial charge in [-0.2, -0.15) is 13.2 Å². The molecule has 0 aliphatic heterocycles. The van der Waals surface area contributed by atoms with Crippen LogP contribution in [0, 0.1) is 0 Å². The summed E-state index contributed by atoms with van der Waals surface area (Å²) in [7, 11) is 0. The number of nitrogens with one attached hydrogen (secondary N) is 4. The van der Waals surface area contributed by atoms with Crippen molar-refractivity contribution in [3.63, 3.8) is 0 Å². The summed E-state index contributed by atoms with van der Waals surface area (Å²) in [4.78, 5) is 36.3. The number of urea groups is 1. The van der Waals surface area contributed by atoms with Crippen molar-refractivity contribution in [2.45, 2.75) is 45.0 Å². The second kappa shape index (κ2) is 12.1. The Morgan fingerprint density at radius 1 is 1.16 bits per heavy atom. The smallest absolute Gasteiger partial charge is 0.391 e. The van der Waals surface area contributed by atoms with Gasteiger partial charge in [0, 0.05) is 13.1 Å². The first-order valence-corrected chi connectivity index (χ1v) is 9.75. The fourth-order valence-corrected chi connectivity index (χ4v) is 2.67. The van der Waals surface area contributed by atoms with Gasteiger partial charge >= 0.3 is 12.2 Å². The van der Waals surface area contributed by atoms with Gasteiger partial charge in [0.1, 0.15) is 0 Å². The number of nitrogens with two attached hydrogens (primary N) is 1. The molecule has 31 heavy (non-hydrogen) atoms. The number of aliphatic hydroxyl groups is 1. The maximum Gasteiger partial charge on any atom is 0.416 e. The Kier molecular flexibility index (Phi) is 10.2. The van der Waals surface area contributed by atoms with Crippen molar-refractivity contribution in [1.82, 2.24) is 16.0 Å². The molecule has 9 nitrogen and oxygen atoms in total. The quantitative estimate of drug-likeness (QED) is 0.319. The minimum Gasteiger partial charge on any atom is -0.391 e. The summed E-state index contributed by atoms with van der Waals surface area (Å²) in [6.07, 6.45) is -4.50. The molecule has 0 saturated carbocycles. The minimum atomic E-state index is -4.71. The van der Waals surface area contributed by atoms with Gasteiger partial charge in [0.15, 0.2) is 0 Å². The number of aliphatic hydroxyl groups excluding tert-OH is 1. The zero-order chi connectivity index (χ0) is 23.6. The standard InChI is InChI=1S/C19H28F3N5O4/c1-3-5-15(28)14(9-23)26-16(29)10-25-17(30)12-8-11(19(20,21)22)6-7-13(12)27-18(31)24-4-2/h6-8,14-15,28H,3-5,9-10,23H2,1-2H3,(H,25,30)(H,26,29)(H2,24,27,31)/t14-,15-/m0/s1. The molecule has 1 rings (SSSR count). The second-order valence-corrected chi connectivity index (χ2v) is 6.69. The van der Waals surface area contributed by atoms with Crippen LogP contribution in [0.1, 0.15) is 42.6 Å². The van der Waals surface area contributed by atoms with Crippen LogP contribution in [0.2, 0.25) is 0 Å². The van der Waals surface area contributed by atoms with E-state index in [9.17, 15) is 32.7 Å². The third kappa shape index (κ3) is 8.42. The summed E-state index contributed by atoms with van der Waals surface area (Å²) < 4.78 is 39.2. The lowest BCUT2D eigenvalue weighted by Gasteiger charge is -2.22. The van der Waals surface area contributed by atoms with Crippen molar-refractivity contribution in [2.24, 2.45) is 5.73 Å². The number of hydrogen-bond acceptors (Lipinski definition) is 5. The number of hydrogen-bond donors (Lipinski definition) is 6. The molecule has 174 valence electrons. The predicted molar refractivity (Wildman–Crippen MR) is 108 cm³/mol. The van der Waals surface area contributed by atoms with Crippen LogP contribution in [-0.2, 0) is 11.0 Å². The number of halogens is 3. The first-order valence-electron chi connectivity index (χ1n) is 9.75. The van der Waals surface area contributed by atoms with Crippen LogP contribution < -0.4 is 27.0 Å². The number of anilines is 1. The van der Waals surface area contributed by atoms with Gasteiger partial charge in [-0.3, -0.25) is 9.59 Å². The van der Waals surface area contributed by atoms with E-state index in [0.717, 1.165) is 12.1 Å². The van der Waals surface area contributed by atoms with Gasteiger partial charge in [-0.05, 0) is 31.5 Å². The number of benzene rings is 1. The summed E-state index contributed by atoms with van der Waals surface area (Å²) >= 11 is 0. The maximum atomic E-state index is 13.1. The Hall–Kier alpha value is -2.86. The van der Waals surface area contributed by atoms with Crippen LogP contribution in [0.3, 0.4) is 0 Å². The van der Waals surface area contributed by atoms with Gasteiger partial charge in [-0.25, -0.2) is 4.79 Å². The van der Waals surface area contributed by atoms with E-state index in [1.54, 1.807) is 6.92 Å². The molecule has 1 aromatic rings. The van der Waals surface area contributed by atoms with E-state index in [1.165, 1.54) is 0 Å². The highest BCUT2D eigenvalue weighted by Crippen LogP contribution is 2.31. The summed E-state index contributed by atoms with van der Waals surface area (Å²) in [6, 6.07) is 0.838. The summed E-state index contributed by atoms with van der Waals surface area (Å²) in [5, 5.41) is 19.3. The molecule has 0 bridgehead atoms. The van der Waals surface area contributed by atoms with Crippen molar-refractivity contribution in [2.75, 3.05) is 25.0 Å². The zero-order valence-corrected chi connectivity index (χ0v) is 17.3. The average molecular weight is 447 g/mol. The number of carbonyl (C=O) groups is 3. The van der Waals surface area contributed by atoms with E-state index in [-0.39, 0.29) is 18.8 Å². The minimum absolute atomic E-state index is 0.0326. The average Bonchev–Trinajstić information content (AvgIpc) is 2.69. The highest BCUT2D eigenvalue weighted by molar-refractivity contribution is 6.04. The maximum absolute atomic E-state index is 13.1. The lowest BCUT2D eigenvalue weighted by molar-refractivity contribution is -0.137. The molecule has 0 fully saturated rings. The zero-order valence-electron chi connectivity index (χ0n) is 17.3. The lowest BCUT2D eigenvalue weighted by atomic mass is 10.1. The van der Waals surface area contributed by atoms with E-state index in [1.807, 2.05) is 6.92 Å². The normalized spacial score (nSPS) is 13.1. The molecule has 0 spiro atoms. The molecular formula is C19H28F3N5O4. The van der Waals surface area contributed by atoms with Crippen LogP contribution in [-0.4, -0.2) is 54.7 Å². The fourth-order valence-electron chi connectivity index (χ4n) is 2.67. The first-order chi connectivity index (χ1) is 14.5. The highest BCUT2D eigenvalue weighted by Gasteiger charge is 2.32. The summed E-state index contributed by atoms with van der Waals surface area (Å²) in [6.45, 7) is 3.16. The molecule has 0 aliphatic rings. The molecular weight excluding hydrogens is 419 g/mol. The number of rotatable bonds is 10. The molecule has 4 amide bonds. The van der Waals surface area contributed by atoms with Crippen LogP contribution >= 0.6 is 0 Å². The van der Waals surface area contributed by atoms with Gasteiger partial charge in [-0.15, -0.1) is 0 Å². The highest BCUT2D eigenvalue weighted by atomic mass is 19.4. The molecule has 0 aliphatic carbocycles. The third-order valence-corrected chi connectivity index (χ3v) is 4.24. The van der Waals surface area contributed by atoms with Crippen molar-refractivity contribution in [1.29, 1.82) is 0 Å². The van der Waals surface area contributed by atoms with Crippen LogP contribution in [0.25, 0.3) is 0 Å². The lowest BCUT2D eigenvalue weighted by Crippen LogP contribution is -2.50. The number of carbonyl (C=O) groups excluding carboxylic acids is 3. The third-order valence-electron chi connectivity index (χ3n) is 4.24. The molecule has 12 heteroatoms. The Bertz CT molecular complexity index is 773.